The molecule has 0 saturated heterocycles. The molecule has 29 heavy (non-hydrogen) atoms. The number of thiazole rings is 2. The summed E-state index contributed by atoms with van der Waals surface area (Å²) in [6, 6.07) is 10.4. The molecule has 0 atom stereocenters. The van der Waals surface area contributed by atoms with Crippen LogP contribution >= 0.6 is 22.7 Å². The highest BCUT2D eigenvalue weighted by molar-refractivity contribution is 7.19. The Morgan fingerprint density at radius 1 is 1.24 bits per heavy atom. The minimum atomic E-state index is -0.532. The first-order valence-electron chi connectivity index (χ1n) is 9.05. The number of hydrogen-bond acceptors (Lipinski definition) is 6. The summed E-state index contributed by atoms with van der Waals surface area (Å²) in [7, 11) is 0. The Hall–Kier alpha value is -2.84. The van der Waals surface area contributed by atoms with Gasteiger partial charge in [0, 0.05) is 5.56 Å². The minimum Gasteiger partial charge on any atom is -0.444 e. The fourth-order valence-electron chi connectivity index (χ4n) is 2.94. The number of aryl methyl sites for hydroxylation is 2. The second kappa shape index (κ2) is 8.26. The van der Waals surface area contributed by atoms with E-state index in [1.807, 2.05) is 32.0 Å². The molecular formula is C21H18FN3O2S2. The molecule has 0 spiro atoms. The van der Waals surface area contributed by atoms with E-state index < -0.39 is 6.09 Å². The number of hydrogen-bond donors (Lipinski definition) is 1. The fraction of sp³-hybridized carbons (Fsp3) is 0.190. The average Bonchev–Trinajstić information content (AvgIpc) is 3.32. The van der Waals surface area contributed by atoms with Gasteiger partial charge in [-0.25, -0.2) is 19.2 Å². The molecule has 8 heteroatoms. The van der Waals surface area contributed by atoms with E-state index in [0.717, 1.165) is 37.6 Å². The molecule has 0 aliphatic carbocycles. The molecule has 1 N–H and O–H groups in total. The van der Waals surface area contributed by atoms with Crippen molar-refractivity contribution in [3.63, 3.8) is 0 Å². The number of nitrogens with zero attached hydrogens (tertiary/aromatic N) is 2. The van der Waals surface area contributed by atoms with Gasteiger partial charge in [0.2, 0.25) is 0 Å². The summed E-state index contributed by atoms with van der Waals surface area (Å²) < 4.78 is 19.8. The van der Waals surface area contributed by atoms with Gasteiger partial charge in [-0.1, -0.05) is 24.3 Å². The van der Waals surface area contributed by atoms with Crippen LogP contribution < -0.4 is 5.32 Å². The summed E-state index contributed by atoms with van der Waals surface area (Å²) in [4.78, 5) is 21.2. The summed E-state index contributed by atoms with van der Waals surface area (Å²) in [5.74, 6) is -0.281. The zero-order valence-electron chi connectivity index (χ0n) is 15.9. The smallest absolute Gasteiger partial charge is 0.412 e. The minimum absolute atomic E-state index is 0.170. The number of rotatable bonds is 5. The number of anilines is 1. The third kappa shape index (κ3) is 4.28. The second-order valence-electron chi connectivity index (χ2n) is 6.46. The van der Waals surface area contributed by atoms with Gasteiger partial charge in [0.25, 0.3) is 0 Å². The molecule has 5 nitrogen and oxygen atoms in total. The van der Waals surface area contributed by atoms with Crippen molar-refractivity contribution in [3.8, 4) is 10.6 Å². The second-order valence-corrected chi connectivity index (χ2v) is 8.35. The van der Waals surface area contributed by atoms with E-state index in [1.54, 1.807) is 22.9 Å². The summed E-state index contributed by atoms with van der Waals surface area (Å²) in [5, 5.41) is 4.18. The molecule has 2 aromatic carbocycles. The van der Waals surface area contributed by atoms with Crippen molar-refractivity contribution in [2.75, 3.05) is 5.32 Å². The Morgan fingerprint density at radius 2 is 2.10 bits per heavy atom. The number of amides is 1. The molecule has 1 amide bonds. The lowest BCUT2D eigenvalue weighted by Crippen LogP contribution is -2.13. The van der Waals surface area contributed by atoms with Crippen LogP contribution in [-0.2, 0) is 17.8 Å². The first kappa shape index (κ1) is 19.5. The maximum atomic E-state index is 13.4. The van der Waals surface area contributed by atoms with Gasteiger partial charge in [-0.15, -0.1) is 11.3 Å². The quantitative estimate of drug-likeness (QED) is 0.413. The molecule has 0 fully saturated rings. The van der Waals surface area contributed by atoms with Crippen molar-refractivity contribution in [2.45, 2.75) is 26.9 Å². The van der Waals surface area contributed by atoms with Crippen molar-refractivity contribution in [1.82, 2.24) is 9.97 Å². The SMILES string of the molecule is CCc1nc(-c2ccc(F)cc2C)sc1NC(=O)OCc1ccc2ncsc2c1. The first-order chi connectivity index (χ1) is 14.0. The number of nitrogens with one attached hydrogen (secondary N) is 1. The number of benzene rings is 2. The van der Waals surface area contributed by atoms with Crippen molar-refractivity contribution < 1.29 is 13.9 Å². The van der Waals surface area contributed by atoms with E-state index in [2.05, 4.69) is 15.3 Å². The largest absolute Gasteiger partial charge is 0.444 e. The normalized spacial score (nSPS) is 11.0. The molecule has 0 aliphatic rings. The molecule has 0 bridgehead atoms. The van der Waals surface area contributed by atoms with Crippen LogP contribution in [0.1, 0.15) is 23.7 Å². The van der Waals surface area contributed by atoms with Crippen LogP contribution in [0.3, 0.4) is 0 Å². The van der Waals surface area contributed by atoms with E-state index in [0.29, 0.717) is 11.4 Å². The average molecular weight is 428 g/mol. The van der Waals surface area contributed by atoms with Gasteiger partial charge in [0.05, 0.1) is 21.4 Å². The van der Waals surface area contributed by atoms with E-state index in [-0.39, 0.29) is 12.4 Å². The van der Waals surface area contributed by atoms with Crippen molar-refractivity contribution in [2.24, 2.45) is 0 Å². The predicted octanol–water partition coefficient (Wildman–Crippen LogP) is 6.18. The number of carbonyl (C=O) groups excluding carboxylic acids is 1. The number of fused-ring (bicyclic) bond motifs is 1. The Bertz CT molecular complexity index is 1190. The first-order valence-corrected chi connectivity index (χ1v) is 10.7. The highest BCUT2D eigenvalue weighted by atomic mass is 32.1. The maximum absolute atomic E-state index is 13.4. The van der Waals surface area contributed by atoms with Gasteiger partial charge >= 0.3 is 6.09 Å². The Labute approximate surface area is 175 Å². The zero-order valence-corrected chi connectivity index (χ0v) is 17.5. The van der Waals surface area contributed by atoms with Crippen molar-refractivity contribution in [1.29, 1.82) is 0 Å². The Morgan fingerprint density at radius 3 is 2.90 bits per heavy atom. The molecule has 4 aromatic rings. The molecule has 0 aliphatic heterocycles. The van der Waals surface area contributed by atoms with Gasteiger partial charge in [-0.2, -0.15) is 0 Å². The van der Waals surface area contributed by atoms with Crippen LogP contribution in [0.25, 0.3) is 20.8 Å². The van der Waals surface area contributed by atoms with E-state index in [4.69, 9.17) is 4.74 Å². The highest BCUT2D eigenvalue weighted by Gasteiger charge is 2.16. The fourth-order valence-corrected chi connectivity index (χ4v) is 4.81. The summed E-state index contributed by atoms with van der Waals surface area (Å²) >= 11 is 2.91. The Kier molecular flexibility index (Phi) is 5.55. The van der Waals surface area contributed by atoms with E-state index in [9.17, 15) is 9.18 Å². The molecule has 2 heterocycles. The lowest BCUT2D eigenvalue weighted by molar-refractivity contribution is 0.155. The number of aromatic nitrogens is 2. The number of ether oxygens (including phenoxy) is 1. The molecule has 2 aromatic heterocycles. The third-order valence-electron chi connectivity index (χ3n) is 4.43. The molecule has 148 valence electrons. The van der Waals surface area contributed by atoms with Crippen molar-refractivity contribution >= 4 is 44.0 Å². The molecule has 4 rings (SSSR count). The summed E-state index contributed by atoms with van der Waals surface area (Å²) in [5.41, 5.74) is 6.05. The zero-order chi connectivity index (χ0) is 20.4. The van der Waals surface area contributed by atoms with Gasteiger partial charge in [0.1, 0.15) is 22.4 Å². The molecular weight excluding hydrogens is 409 g/mol. The summed E-state index contributed by atoms with van der Waals surface area (Å²) in [6.07, 6.45) is 0.129. The number of carbonyl (C=O) groups is 1. The van der Waals surface area contributed by atoms with Crippen LogP contribution in [0.2, 0.25) is 0 Å². The van der Waals surface area contributed by atoms with Crippen LogP contribution in [0.4, 0.5) is 14.2 Å². The van der Waals surface area contributed by atoms with Gasteiger partial charge < -0.3 is 4.74 Å². The molecule has 0 radical (unpaired) electrons. The predicted molar refractivity (Wildman–Crippen MR) is 115 cm³/mol. The van der Waals surface area contributed by atoms with Gasteiger partial charge in [-0.05, 0) is 54.8 Å². The van der Waals surface area contributed by atoms with Gasteiger partial charge in [0.15, 0.2) is 0 Å². The van der Waals surface area contributed by atoms with Crippen LogP contribution in [0.15, 0.2) is 41.9 Å². The molecule has 0 saturated carbocycles. The third-order valence-corrected chi connectivity index (χ3v) is 6.27. The van der Waals surface area contributed by atoms with E-state index in [1.165, 1.54) is 23.5 Å². The standard InChI is InChI=1S/C21H18FN3O2S2/c1-3-16-20(29-19(24-16)15-6-5-14(22)8-12(15)2)25-21(26)27-10-13-4-7-17-18(9-13)28-11-23-17/h4-9,11H,3,10H2,1-2H3,(H,25,26). The summed E-state index contributed by atoms with van der Waals surface area (Å²) in [6.45, 7) is 3.98. The highest BCUT2D eigenvalue weighted by Crippen LogP contribution is 2.34. The lowest BCUT2D eigenvalue weighted by Gasteiger charge is -2.06. The van der Waals surface area contributed by atoms with Crippen LogP contribution in [0.5, 0.6) is 0 Å². The molecule has 0 unspecified atom stereocenters. The van der Waals surface area contributed by atoms with Gasteiger partial charge in [-0.3, -0.25) is 5.32 Å². The monoisotopic (exact) mass is 427 g/mol. The van der Waals surface area contributed by atoms with Crippen LogP contribution in [-0.4, -0.2) is 16.1 Å². The topological polar surface area (TPSA) is 64.1 Å². The van der Waals surface area contributed by atoms with Crippen molar-refractivity contribution in [3.05, 3.63) is 64.5 Å². The maximum Gasteiger partial charge on any atom is 0.412 e. The van der Waals surface area contributed by atoms with E-state index >= 15 is 0 Å². The van der Waals surface area contributed by atoms with Crippen LogP contribution in [0, 0.1) is 12.7 Å². The Balaban J connectivity index is 1.46. The number of halogens is 1. The lowest BCUT2D eigenvalue weighted by atomic mass is 10.1.